The molecule has 6 nitrogen and oxygen atoms in total. The largest absolute Gasteiger partial charge is 0.493 e. The predicted octanol–water partition coefficient (Wildman–Crippen LogP) is 4.85. The molecule has 34 heavy (non-hydrogen) atoms. The first kappa shape index (κ1) is 23.6. The molecule has 1 saturated heterocycles. The van der Waals surface area contributed by atoms with E-state index in [1.54, 1.807) is 26.4 Å². The second kappa shape index (κ2) is 11.6. The van der Waals surface area contributed by atoms with Crippen LogP contribution in [0.3, 0.4) is 0 Å². The van der Waals surface area contributed by atoms with Crippen LogP contribution in [0.4, 0.5) is 0 Å². The maximum absolute atomic E-state index is 13.1. The van der Waals surface area contributed by atoms with Gasteiger partial charge in [-0.2, -0.15) is 0 Å². The molecule has 1 atom stereocenters. The molecule has 1 amide bonds. The van der Waals surface area contributed by atoms with E-state index in [4.69, 9.17) is 14.2 Å². The highest BCUT2D eigenvalue weighted by Gasteiger charge is 2.25. The summed E-state index contributed by atoms with van der Waals surface area (Å²) in [7, 11) is 3.12. The van der Waals surface area contributed by atoms with Crippen LogP contribution < -0.4 is 19.5 Å². The molecule has 4 rings (SSSR count). The first-order valence-corrected chi connectivity index (χ1v) is 11.7. The van der Waals surface area contributed by atoms with E-state index in [-0.39, 0.29) is 11.9 Å². The van der Waals surface area contributed by atoms with Gasteiger partial charge in [-0.3, -0.25) is 9.69 Å². The number of ether oxygens (including phenoxy) is 3. The van der Waals surface area contributed by atoms with Gasteiger partial charge in [0.1, 0.15) is 6.61 Å². The summed E-state index contributed by atoms with van der Waals surface area (Å²) < 4.78 is 17.1. The molecule has 6 heteroatoms. The second-order valence-corrected chi connectivity index (χ2v) is 8.36. The van der Waals surface area contributed by atoms with Gasteiger partial charge in [0.15, 0.2) is 11.5 Å². The molecular weight excluding hydrogens is 428 g/mol. The molecule has 0 saturated carbocycles. The van der Waals surface area contributed by atoms with Gasteiger partial charge in [-0.1, -0.05) is 60.7 Å². The van der Waals surface area contributed by atoms with Gasteiger partial charge in [0.25, 0.3) is 5.91 Å². The number of amides is 1. The molecule has 0 unspecified atom stereocenters. The van der Waals surface area contributed by atoms with E-state index >= 15 is 0 Å². The van der Waals surface area contributed by atoms with Crippen LogP contribution in [0.2, 0.25) is 0 Å². The molecule has 3 aromatic carbocycles. The molecule has 0 spiro atoms. The van der Waals surface area contributed by atoms with E-state index in [2.05, 4.69) is 22.3 Å². The lowest BCUT2D eigenvalue weighted by atomic mass is 10.1. The minimum Gasteiger partial charge on any atom is -0.493 e. The number of benzene rings is 3. The minimum atomic E-state index is -0.175. The Labute approximate surface area is 201 Å². The van der Waals surface area contributed by atoms with Crippen LogP contribution in [0, 0.1) is 0 Å². The Bertz CT molecular complexity index is 1040. The topological polar surface area (TPSA) is 60.0 Å². The molecule has 0 bridgehead atoms. The Morgan fingerprint density at radius 1 is 0.912 bits per heavy atom. The van der Waals surface area contributed by atoms with Crippen LogP contribution in [0.25, 0.3) is 0 Å². The Kier molecular flexibility index (Phi) is 8.04. The average molecular weight is 461 g/mol. The van der Waals surface area contributed by atoms with Crippen LogP contribution >= 0.6 is 0 Å². The fourth-order valence-corrected chi connectivity index (χ4v) is 4.36. The number of rotatable bonds is 10. The second-order valence-electron chi connectivity index (χ2n) is 8.36. The van der Waals surface area contributed by atoms with Gasteiger partial charge in [-0.15, -0.1) is 0 Å². The maximum atomic E-state index is 13.1. The molecule has 1 N–H and O–H groups in total. The van der Waals surface area contributed by atoms with Crippen molar-refractivity contribution in [2.75, 3.05) is 33.9 Å². The number of carbonyl (C=O) groups is 1. The van der Waals surface area contributed by atoms with Crippen LogP contribution in [0.5, 0.6) is 17.2 Å². The van der Waals surface area contributed by atoms with Crippen molar-refractivity contribution in [3.05, 3.63) is 89.5 Å². The maximum Gasteiger partial charge on any atom is 0.251 e. The number of likely N-dealkylation sites (tertiary alicyclic amines) is 1. The zero-order valence-corrected chi connectivity index (χ0v) is 19.8. The zero-order chi connectivity index (χ0) is 23.8. The van der Waals surface area contributed by atoms with Crippen molar-refractivity contribution in [1.29, 1.82) is 0 Å². The lowest BCUT2D eigenvalue weighted by molar-refractivity contribution is 0.0937. The van der Waals surface area contributed by atoms with E-state index in [1.807, 2.05) is 48.5 Å². The summed E-state index contributed by atoms with van der Waals surface area (Å²) >= 11 is 0. The molecule has 1 fully saturated rings. The van der Waals surface area contributed by atoms with Crippen LogP contribution in [0.15, 0.2) is 72.8 Å². The van der Waals surface area contributed by atoms with Crippen molar-refractivity contribution in [2.24, 2.45) is 0 Å². The number of carbonyl (C=O) groups excluding carboxylic acids is 1. The fourth-order valence-electron chi connectivity index (χ4n) is 4.36. The average Bonchev–Trinajstić information content (AvgIpc) is 3.43. The normalized spacial score (nSPS) is 14.4. The smallest absolute Gasteiger partial charge is 0.251 e. The summed E-state index contributed by atoms with van der Waals surface area (Å²) in [6.45, 7) is 2.99. The zero-order valence-electron chi connectivity index (χ0n) is 19.8. The highest BCUT2D eigenvalue weighted by molar-refractivity contribution is 5.95. The van der Waals surface area contributed by atoms with Crippen molar-refractivity contribution in [2.45, 2.75) is 25.5 Å². The fraction of sp³-hybridized carbons (Fsp3) is 0.321. The van der Waals surface area contributed by atoms with Gasteiger partial charge in [-0.05, 0) is 49.2 Å². The summed E-state index contributed by atoms with van der Waals surface area (Å²) in [5.74, 6) is 1.22. The van der Waals surface area contributed by atoms with Gasteiger partial charge >= 0.3 is 0 Å². The predicted molar refractivity (Wildman–Crippen MR) is 133 cm³/mol. The number of hydrogen-bond acceptors (Lipinski definition) is 5. The SMILES string of the molecule is COc1cc(C(=O)NC[C@H](c2ccccc2)N2CCCC2)cc(OC)c1OCc1ccccc1. The highest BCUT2D eigenvalue weighted by Crippen LogP contribution is 2.39. The van der Waals surface area contributed by atoms with Crippen LogP contribution in [-0.4, -0.2) is 44.7 Å². The third-order valence-corrected chi connectivity index (χ3v) is 6.17. The Morgan fingerprint density at radius 3 is 2.09 bits per heavy atom. The minimum absolute atomic E-state index is 0.143. The van der Waals surface area contributed by atoms with E-state index in [0.29, 0.717) is 36.0 Å². The quantitative estimate of drug-likeness (QED) is 0.469. The van der Waals surface area contributed by atoms with Gasteiger partial charge in [0, 0.05) is 12.1 Å². The first-order chi connectivity index (χ1) is 16.7. The third kappa shape index (κ3) is 5.69. The lowest BCUT2D eigenvalue weighted by Crippen LogP contribution is -2.36. The Morgan fingerprint density at radius 2 is 1.50 bits per heavy atom. The van der Waals surface area contributed by atoms with Crippen LogP contribution in [-0.2, 0) is 6.61 Å². The molecular formula is C28H32N2O4. The number of hydrogen-bond donors (Lipinski definition) is 1. The van der Waals surface area contributed by atoms with Crippen molar-refractivity contribution < 1.29 is 19.0 Å². The summed E-state index contributed by atoms with van der Waals surface area (Å²) in [6.07, 6.45) is 2.38. The van der Waals surface area contributed by atoms with Crippen LogP contribution in [0.1, 0.15) is 40.4 Å². The summed E-state index contributed by atoms with van der Waals surface area (Å²) in [5.41, 5.74) is 2.71. The van der Waals surface area contributed by atoms with Crippen molar-refractivity contribution in [1.82, 2.24) is 10.2 Å². The molecule has 1 heterocycles. The van der Waals surface area contributed by atoms with E-state index in [1.165, 1.54) is 18.4 Å². The van der Waals surface area contributed by atoms with E-state index in [0.717, 1.165) is 18.7 Å². The third-order valence-electron chi connectivity index (χ3n) is 6.17. The number of nitrogens with one attached hydrogen (secondary N) is 1. The van der Waals surface area contributed by atoms with Crippen molar-refractivity contribution >= 4 is 5.91 Å². The summed E-state index contributed by atoms with van der Waals surface area (Å²) in [6, 6.07) is 23.8. The number of nitrogens with zero attached hydrogens (tertiary/aromatic N) is 1. The number of methoxy groups -OCH3 is 2. The van der Waals surface area contributed by atoms with Gasteiger partial charge in [0.05, 0.1) is 20.3 Å². The monoisotopic (exact) mass is 460 g/mol. The lowest BCUT2D eigenvalue weighted by Gasteiger charge is -2.28. The molecule has 1 aliphatic heterocycles. The molecule has 0 aromatic heterocycles. The van der Waals surface area contributed by atoms with Gasteiger partial charge in [-0.25, -0.2) is 0 Å². The Balaban J connectivity index is 1.49. The standard InChI is InChI=1S/C28H32N2O4/c1-32-25-17-23(18-26(33-2)27(25)34-20-21-11-5-3-6-12-21)28(31)29-19-24(30-15-9-10-16-30)22-13-7-4-8-14-22/h3-8,11-14,17-18,24H,9-10,15-16,19-20H2,1-2H3,(H,29,31)/t24-/m1/s1. The summed E-state index contributed by atoms with van der Waals surface area (Å²) in [5, 5.41) is 3.12. The van der Waals surface area contributed by atoms with E-state index in [9.17, 15) is 4.79 Å². The van der Waals surface area contributed by atoms with Gasteiger partial charge in [0.2, 0.25) is 5.75 Å². The summed E-state index contributed by atoms with van der Waals surface area (Å²) in [4.78, 5) is 15.6. The molecule has 3 aromatic rings. The molecule has 0 radical (unpaired) electrons. The van der Waals surface area contributed by atoms with Crippen molar-refractivity contribution in [3.63, 3.8) is 0 Å². The van der Waals surface area contributed by atoms with Crippen molar-refractivity contribution in [3.8, 4) is 17.2 Å². The molecule has 0 aliphatic carbocycles. The molecule has 1 aliphatic rings. The molecule has 178 valence electrons. The van der Waals surface area contributed by atoms with Gasteiger partial charge < -0.3 is 19.5 Å². The van der Waals surface area contributed by atoms with E-state index < -0.39 is 0 Å². The first-order valence-electron chi connectivity index (χ1n) is 11.7. The highest BCUT2D eigenvalue weighted by atomic mass is 16.5. The Hall–Kier alpha value is -3.51.